The Kier molecular flexibility index (Phi) is 5.00. The number of halogens is 1. The fourth-order valence-electron chi connectivity index (χ4n) is 2.09. The van der Waals surface area contributed by atoms with Gasteiger partial charge in [-0.1, -0.05) is 11.6 Å². The first-order valence-electron chi connectivity index (χ1n) is 6.57. The molecule has 2 heterocycles. The minimum absolute atomic E-state index is 0.0558. The zero-order chi connectivity index (χ0) is 16.4. The Morgan fingerprint density at radius 1 is 1.45 bits per heavy atom. The lowest BCUT2D eigenvalue weighted by Crippen LogP contribution is -2.34. The van der Waals surface area contributed by atoms with E-state index in [-0.39, 0.29) is 6.54 Å². The monoisotopic (exact) mass is 341 g/mol. The van der Waals surface area contributed by atoms with Crippen LogP contribution in [0.25, 0.3) is 0 Å². The van der Waals surface area contributed by atoms with E-state index in [0.717, 1.165) is 0 Å². The van der Waals surface area contributed by atoms with Gasteiger partial charge in [-0.05, 0) is 26.0 Å². The van der Waals surface area contributed by atoms with Crippen LogP contribution in [-0.2, 0) is 11.8 Å². The summed E-state index contributed by atoms with van der Waals surface area (Å²) in [4.78, 5) is 24.8. The van der Waals surface area contributed by atoms with E-state index in [1.165, 1.54) is 11.3 Å². The largest absolute Gasteiger partial charge is 0.386 e. The molecule has 1 amide bonds. The number of nitrogens with one attached hydrogen (secondary N) is 1. The summed E-state index contributed by atoms with van der Waals surface area (Å²) >= 11 is 7.02. The van der Waals surface area contributed by atoms with Crippen LogP contribution in [-0.4, -0.2) is 33.1 Å². The fraction of sp³-hybridized carbons (Fsp3) is 0.357. The van der Waals surface area contributed by atoms with E-state index in [4.69, 9.17) is 11.6 Å². The molecule has 6 nitrogen and oxygen atoms in total. The lowest BCUT2D eigenvalue weighted by molar-refractivity contribution is -0.117. The van der Waals surface area contributed by atoms with Crippen LogP contribution in [0.4, 0.5) is 0 Å². The van der Waals surface area contributed by atoms with Gasteiger partial charge in [0, 0.05) is 24.2 Å². The molecule has 0 aliphatic carbocycles. The van der Waals surface area contributed by atoms with E-state index in [2.05, 4.69) is 10.4 Å². The Hall–Kier alpha value is -1.70. The number of carbonyl (C=O) groups is 2. The van der Waals surface area contributed by atoms with Crippen molar-refractivity contribution in [1.29, 1.82) is 0 Å². The van der Waals surface area contributed by atoms with Crippen LogP contribution in [0.2, 0.25) is 4.34 Å². The van der Waals surface area contributed by atoms with Crippen molar-refractivity contribution in [3.63, 3.8) is 0 Å². The molecule has 2 aromatic rings. The van der Waals surface area contributed by atoms with Gasteiger partial charge in [0.25, 0.3) is 11.7 Å². The van der Waals surface area contributed by atoms with E-state index < -0.39 is 17.8 Å². The summed E-state index contributed by atoms with van der Waals surface area (Å²) in [6.07, 6.45) is -0.898. The van der Waals surface area contributed by atoms with E-state index in [1.54, 1.807) is 37.7 Å². The number of hydrogen-bond donors (Lipinski definition) is 2. The molecule has 0 saturated carbocycles. The predicted molar refractivity (Wildman–Crippen MR) is 84.3 cm³/mol. The number of ketones is 1. The Balaban J connectivity index is 2.01. The highest BCUT2D eigenvalue weighted by Crippen LogP contribution is 2.26. The van der Waals surface area contributed by atoms with Gasteiger partial charge in [-0.3, -0.25) is 14.3 Å². The van der Waals surface area contributed by atoms with Gasteiger partial charge in [0.2, 0.25) is 0 Å². The van der Waals surface area contributed by atoms with Crippen molar-refractivity contribution in [3.8, 4) is 0 Å². The van der Waals surface area contributed by atoms with E-state index in [0.29, 0.717) is 26.2 Å². The van der Waals surface area contributed by atoms with Crippen molar-refractivity contribution in [3.05, 3.63) is 38.3 Å². The number of Topliss-reactive ketones (excluding diaryl/α,β-unsaturated/α-hetero) is 1. The first-order chi connectivity index (χ1) is 10.3. The number of rotatable bonds is 5. The van der Waals surface area contributed by atoms with Gasteiger partial charge in [0.1, 0.15) is 6.10 Å². The van der Waals surface area contributed by atoms with Crippen LogP contribution in [0, 0.1) is 13.8 Å². The molecule has 8 heteroatoms. The number of thiophene rings is 1. The number of carbonyl (C=O) groups excluding carboxylic acids is 2. The maximum absolute atomic E-state index is 12.2. The van der Waals surface area contributed by atoms with Crippen molar-refractivity contribution in [2.24, 2.45) is 7.05 Å². The molecular weight excluding hydrogens is 326 g/mol. The number of hydrogen-bond acceptors (Lipinski definition) is 5. The lowest BCUT2D eigenvalue weighted by atomic mass is 10.1. The fourth-order valence-corrected chi connectivity index (χ4v) is 3.14. The average molecular weight is 342 g/mol. The lowest BCUT2D eigenvalue weighted by Gasteiger charge is -2.09. The third-order valence-electron chi connectivity index (χ3n) is 3.32. The molecule has 0 spiro atoms. The summed E-state index contributed by atoms with van der Waals surface area (Å²) in [5, 5.41) is 16.5. The van der Waals surface area contributed by atoms with Gasteiger partial charge in [-0.2, -0.15) is 5.10 Å². The van der Waals surface area contributed by atoms with Gasteiger partial charge in [-0.25, -0.2) is 0 Å². The third kappa shape index (κ3) is 3.37. The summed E-state index contributed by atoms with van der Waals surface area (Å²) in [5.41, 5.74) is 1.43. The number of aliphatic hydroxyl groups is 1. The van der Waals surface area contributed by atoms with Crippen LogP contribution >= 0.6 is 22.9 Å². The van der Waals surface area contributed by atoms with E-state index >= 15 is 0 Å². The molecule has 1 atom stereocenters. The average Bonchev–Trinajstić information content (AvgIpc) is 3.00. The Bertz CT molecular complexity index is 723. The summed E-state index contributed by atoms with van der Waals surface area (Å²) in [6, 6.07) is 3.35. The molecule has 0 aliphatic heterocycles. The second-order valence-electron chi connectivity index (χ2n) is 4.87. The number of nitrogens with zero attached hydrogens (tertiary/aromatic N) is 2. The molecule has 2 aromatic heterocycles. The molecule has 2 rings (SSSR count). The first kappa shape index (κ1) is 16.7. The van der Waals surface area contributed by atoms with Gasteiger partial charge in [0.15, 0.2) is 0 Å². The van der Waals surface area contributed by atoms with Crippen LogP contribution in [0.5, 0.6) is 0 Å². The summed E-state index contributed by atoms with van der Waals surface area (Å²) in [5.74, 6) is -1.42. The molecule has 118 valence electrons. The molecule has 0 bridgehead atoms. The third-order valence-corrected chi connectivity index (χ3v) is 4.65. The second kappa shape index (κ2) is 6.60. The molecule has 22 heavy (non-hydrogen) atoms. The van der Waals surface area contributed by atoms with E-state index in [9.17, 15) is 14.7 Å². The first-order valence-corrected chi connectivity index (χ1v) is 7.76. The highest BCUT2D eigenvalue weighted by Gasteiger charge is 2.24. The maximum Gasteiger partial charge on any atom is 0.292 e. The number of aliphatic hydroxyl groups excluding tert-OH is 1. The van der Waals surface area contributed by atoms with Crippen molar-refractivity contribution in [2.75, 3.05) is 6.54 Å². The molecule has 0 aliphatic rings. The normalized spacial score (nSPS) is 12.2. The zero-order valence-electron chi connectivity index (χ0n) is 12.4. The predicted octanol–water partition coefficient (Wildman–Crippen LogP) is 1.78. The summed E-state index contributed by atoms with van der Waals surface area (Å²) in [7, 11) is 1.71. The Morgan fingerprint density at radius 2 is 2.14 bits per heavy atom. The Labute approximate surface area is 136 Å². The van der Waals surface area contributed by atoms with Crippen molar-refractivity contribution in [1.82, 2.24) is 15.1 Å². The molecule has 0 aromatic carbocycles. The van der Waals surface area contributed by atoms with Crippen LogP contribution in [0.3, 0.4) is 0 Å². The Morgan fingerprint density at radius 3 is 2.64 bits per heavy atom. The summed E-state index contributed by atoms with van der Waals surface area (Å²) in [6.45, 7) is 3.35. The molecular formula is C14H16ClN3O3S. The van der Waals surface area contributed by atoms with Gasteiger partial charge in [0.05, 0.1) is 15.6 Å². The van der Waals surface area contributed by atoms with Gasteiger partial charge < -0.3 is 10.4 Å². The number of aromatic nitrogens is 2. The number of aryl methyl sites for hydroxylation is 2. The van der Waals surface area contributed by atoms with Crippen molar-refractivity contribution < 1.29 is 14.7 Å². The quantitative estimate of drug-likeness (QED) is 0.641. The molecule has 0 saturated heterocycles. The maximum atomic E-state index is 12.2. The molecule has 0 radical (unpaired) electrons. The van der Waals surface area contributed by atoms with Gasteiger partial charge in [-0.15, -0.1) is 11.3 Å². The molecule has 0 fully saturated rings. The van der Waals surface area contributed by atoms with Crippen molar-refractivity contribution in [2.45, 2.75) is 20.0 Å². The zero-order valence-corrected chi connectivity index (χ0v) is 14.0. The SMILES string of the molecule is Cc1nn(C)c(C)c1C(=O)C(=O)NCC(O)c1ccc(Cl)s1. The van der Waals surface area contributed by atoms with Crippen molar-refractivity contribution >= 4 is 34.6 Å². The molecule has 2 N–H and O–H groups in total. The van der Waals surface area contributed by atoms with Crippen LogP contribution in [0.1, 0.15) is 32.7 Å². The minimum Gasteiger partial charge on any atom is -0.386 e. The molecule has 1 unspecified atom stereocenters. The highest BCUT2D eigenvalue weighted by molar-refractivity contribution is 7.16. The minimum atomic E-state index is -0.898. The number of amides is 1. The van der Waals surface area contributed by atoms with Gasteiger partial charge >= 0.3 is 0 Å². The summed E-state index contributed by atoms with van der Waals surface area (Å²) < 4.78 is 2.11. The van der Waals surface area contributed by atoms with Crippen LogP contribution < -0.4 is 5.32 Å². The topological polar surface area (TPSA) is 84.2 Å². The smallest absolute Gasteiger partial charge is 0.292 e. The highest BCUT2D eigenvalue weighted by atomic mass is 35.5. The van der Waals surface area contributed by atoms with E-state index in [1.807, 2.05) is 0 Å². The van der Waals surface area contributed by atoms with Crippen LogP contribution in [0.15, 0.2) is 12.1 Å². The second-order valence-corrected chi connectivity index (χ2v) is 6.61. The standard InChI is InChI=1S/C14H16ClN3O3S/c1-7-12(8(2)18(3)17-7)13(20)14(21)16-6-9(19)10-4-5-11(15)22-10/h4-5,9,19H,6H2,1-3H3,(H,16,21).